The average Bonchev–Trinajstić information content (AvgIpc) is 3.05. The van der Waals surface area contributed by atoms with E-state index in [0.29, 0.717) is 11.6 Å². The summed E-state index contributed by atoms with van der Waals surface area (Å²) in [6.45, 7) is 2.57. The number of benzene rings is 2. The summed E-state index contributed by atoms with van der Waals surface area (Å²) in [5.74, 6) is -0.122. The van der Waals surface area contributed by atoms with E-state index in [1.54, 1.807) is 0 Å². The van der Waals surface area contributed by atoms with E-state index in [9.17, 15) is 4.79 Å². The molecule has 0 bridgehead atoms. The van der Waals surface area contributed by atoms with Crippen molar-refractivity contribution in [2.75, 3.05) is 6.54 Å². The molecule has 0 spiro atoms. The van der Waals surface area contributed by atoms with Gasteiger partial charge in [-0.1, -0.05) is 54.1 Å². The largest absolute Gasteiger partial charge is 0.349 e. The predicted octanol–water partition coefficient (Wildman–Crippen LogP) is 2.98. The second kappa shape index (κ2) is 7.13. The maximum absolute atomic E-state index is 12.7. The number of nitrogens with one attached hydrogen (secondary N) is 3. The summed E-state index contributed by atoms with van der Waals surface area (Å²) < 4.78 is 0. The molecule has 1 aliphatic rings. The van der Waals surface area contributed by atoms with Gasteiger partial charge >= 0.3 is 0 Å². The van der Waals surface area contributed by atoms with E-state index in [-0.39, 0.29) is 23.9 Å². The Balaban J connectivity index is 1.70. The Labute approximate surface area is 141 Å². The molecular weight excluding hydrogens is 310 g/mol. The van der Waals surface area contributed by atoms with Crippen molar-refractivity contribution in [3.05, 3.63) is 70.7 Å². The summed E-state index contributed by atoms with van der Waals surface area (Å²) in [5, 5.41) is 3.76. The van der Waals surface area contributed by atoms with Crippen molar-refractivity contribution < 1.29 is 4.79 Å². The molecule has 3 unspecified atom stereocenters. The highest BCUT2D eigenvalue weighted by Gasteiger charge is 2.34. The molecule has 0 aromatic heterocycles. The summed E-state index contributed by atoms with van der Waals surface area (Å²) >= 11 is 6.02. The first-order valence-electron chi connectivity index (χ1n) is 7.74. The molecule has 3 N–H and O–H groups in total. The third-order valence-corrected chi connectivity index (χ3v) is 4.42. The fourth-order valence-corrected chi connectivity index (χ4v) is 3.10. The SMILES string of the molecule is CC(NC(=O)C1CNNC1c1ccccc1)c1cccc(Cl)c1. The number of rotatable bonds is 4. The van der Waals surface area contributed by atoms with Crippen LogP contribution in [0.25, 0.3) is 0 Å². The molecule has 4 nitrogen and oxygen atoms in total. The van der Waals surface area contributed by atoms with Crippen LogP contribution in [0.5, 0.6) is 0 Å². The maximum Gasteiger partial charge on any atom is 0.226 e. The van der Waals surface area contributed by atoms with Crippen molar-refractivity contribution >= 4 is 17.5 Å². The van der Waals surface area contributed by atoms with Crippen LogP contribution in [0.4, 0.5) is 0 Å². The minimum absolute atomic E-state index is 0.0252. The summed E-state index contributed by atoms with van der Waals surface area (Å²) in [4.78, 5) is 12.7. The van der Waals surface area contributed by atoms with Gasteiger partial charge in [0.05, 0.1) is 18.0 Å². The van der Waals surface area contributed by atoms with Gasteiger partial charge in [0, 0.05) is 11.6 Å². The Morgan fingerprint density at radius 2 is 2.00 bits per heavy atom. The van der Waals surface area contributed by atoms with Gasteiger partial charge in [-0.3, -0.25) is 10.2 Å². The number of amides is 1. The van der Waals surface area contributed by atoms with E-state index < -0.39 is 0 Å². The Morgan fingerprint density at radius 1 is 1.22 bits per heavy atom. The lowest BCUT2D eigenvalue weighted by Gasteiger charge is -2.21. The lowest BCUT2D eigenvalue weighted by atomic mass is 9.93. The van der Waals surface area contributed by atoms with Crippen LogP contribution in [-0.2, 0) is 4.79 Å². The number of hydrogen-bond donors (Lipinski definition) is 3. The summed E-state index contributed by atoms with van der Waals surface area (Å²) in [6, 6.07) is 17.5. The minimum Gasteiger partial charge on any atom is -0.349 e. The van der Waals surface area contributed by atoms with E-state index >= 15 is 0 Å². The molecule has 1 heterocycles. The van der Waals surface area contributed by atoms with E-state index in [1.807, 2.05) is 61.5 Å². The Kier molecular flexibility index (Phi) is 4.96. The lowest BCUT2D eigenvalue weighted by molar-refractivity contribution is -0.125. The zero-order valence-corrected chi connectivity index (χ0v) is 13.7. The minimum atomic E-state index is -0.154. The molecule has 5 heteroatoms. The van der Waals surface area contributed by atoms with Gasteiger partial charge in [-0.25, -0.2) is 5.43 Å². The topological polar surface area (TPSA) is 53.2 Å². The van der Waals surface area contributed by atoms with Gasteiger partial charge in [-0.15, -0.1) is 0 Å². The molecule has 3 rings (SSSR count). The highest BCUT2D eigenvalue weighted by molar-refractivity contribution is 6.30. The Bertz CT molecular complexity index is 677. The molecule has 2 aromatic rings. The molecule has 0 aliphatic carbocycles. The molecule has 2 aromatic carbocycles. The number of carbonyl (C=O) groups is 1. The fraction of sp³-hybridized carbons (Fsp3) is 0.278. The summed E-state index contributed by atoms with van der Waals surface area (Å²) in [6.07, 6.45) is 0. The molecule has 23 heavy (non-hydrogen) atoms. The maximum atomic E-state index is 12.7. The van der Waals surface area contributed by atoms with Crippen LogP contribution < -0.4 is 16.2 Å². The first-order chi connectivity index (χ1) is 11.1. The van der Waals surface area contributed by atoms with Crippen LogP contribution in [0.3, 0.4) is 0 Å². The smallest absolute Gasteiger partial charge is 0.226 e. The van der Waals surface area contributed by atoms with Crippen molar-refractivity contribution in [2.45, 2.75) is 19.0 Å². The zero-order chi connectivity index (χ0) is 16.2. The molecule has 0 radical (unpaired) electrons. The molecule has 1 saturated heterocycles. The first kappa shape index (κ1) is 16.0. The van der Waals surface area contributed by atoms with Gasteiger partial charge in [0.15, 0.2) is 0 Å². The quantitative estimate of drug-likeness (QED) is 0.808. The summed E-state index contributed by atoms with van der Waals surface area (Å²) in [5.41, 5.74) is 8.39. The third-order valence-electron chi connectivity index (χ3n) is 4.18. The molecule has 1 aliphatic heterocycles. The number of halogens is 1. The highest BCUT2D eigenvalue weighted by atomic mass is 35.5. The van der Waals surface area contributed by atoms with Crippen molar-refractivity contribution in [2.24, 2.45) is 5.92 Å². The van der Waals surface area contributed by atoms with Gasteiger partial charge in [-0.05, 0) is 30.2 Å². The van der Waals surface area contributed by atoms with Gasteiger partial charge < -0.3 is 5.32 Å². The normalized spacial score (nSPS) is 21.8. The highest BCUT2D eigenvalue weighted by Crippen LogP contribution is 2.26. The Morgan fingerprint density at radius 3 is 2.74 bits per heavy atom. The van der Waals surface area contributed by atoms with Crippen molar-refractivity contribution in [1.82, 2.24) is 16.2 Å². The first-order valence-corrected chi connectivity index (χ1v) is 8.12. The van der Waals surface area contributed by atoms with Gasteiger partial charge in [-0.2, -0.15) is 0 Å². The molecule has 1 amide bonds. The summed E-state index contributed by atoms with van der Waals surface area (Å²) in [7, 11) is 0. The van der Waals surface area contributed by atoms with Crippen molar-refractivity contribution in [3.8, 4) is 0 Å². The van der Waals surface area contributed by atoms with Crippen molar-refractivity contribution in [3.63, 3.8) is 0 Å². The molecular formula is C18H20ClN3O. The molecule has 0 saturated carbocycles. The van der Waals surface area contributed by atoms with Crippen LogP contribution in [0.2, 0.25) is 5.02 Å². The Hall–Kier alpha value is -1.88. The molecule has 1 fully saturated rings. The van der Waals surface area contributed by atoms with Crippen LogP contribution in [-0.4, -0.2) is 12.5 Å². The number of hydrogen-bond acceptors (Lipinski definition) is 3. The monoisotopic (exact) mass is 329 g/mol. The van der Waals surface area contributed by atoms with Gasteiger partial charge in [0.25, 0.3) is 0 Å². The second-order valence-electron chi connectivity index (χ2n) is 5.81. The van der Waals surface area contributed by atoms with E-state index in [2.05, 4.69) is 16.2 Å². The van der Waals surface area contributed by atoms with Crippen LogP contribution >= 0.6 is 11.6 Å². The lowest BCUT2D eigenvalue weighted by Crippen LogP contribution is -2.36. The third kappa shape index (κ3) is 3.72. The zero-order valence-electron chi connectivity index (χ0n) is 12.9. The number of hydrazine groups is 1. The van der Waals surface area contributed by atoms with E-state index in [1.165, 1.54) is 0 Å². The average molecular weight is 330 g/mol. The van der Waals surface area contributed by atoms with Crippen LogP contribution in [0, 0.1) is 5.92 Å². The fourth-order valence-electron chi connectivity index (χ4n) is 2.90. The molecule has 120 valence electrons. The standard InChI is InChI=1S/C18H20ClN3O/c1-12(14-8-5-9-15(19)10-14)21-18(23)16-11-20-22-17(16)13-6-3-2-4-7-13/h2-10,12,16-17,20,22H,11H2,1H3,(H,21,23). The van der Waals surface area contributed by atoms with Crippen molar-refractivity contribution in [1.29, 1.82) is 0 Å². The predicted molar refractivity (Wildman–Crippen MR) is 91.8 cm³/mol. The van der Waals surface area contributed by atoms with Crippen LogP contribution in [0.15, 0.2) is 54.6 Å². The second-order valence-corrected chi connectivity index (χ2v) is 6.24. The number of carbonyl (C=O) groups excluding carboxylic acids is 1. The van der Waals surface area contributed by atoms with Gasteiger partial charge in [0.1, 0.15) is 0 Å². The van der Waals surface area contributed by atoms with E-state index in [0.717, 1.165) is 11.1 Å². The van der Waals surface area contributed by atoms with E-state index in [4.69, 9.17) is 11.6 Å². The van der Waals surface area contributed by atoms with Gasteiger partial charge in [0.2, 0.25) is 5.91 Å². The molecule has 3 atom stereocenters. The van der Waals surface area contributed by atoms with Crippen LogP contribution in [0.1, 0.15) is 30.1 Å².